The van der Waals surface area contributed by atoms with Gasteiger partial charge in [-0.15, -0.1) is 5.10 Å². The molecule has 0 aromatic carbocycles. The summed E-state index contributed by atoms with van der Waals surface area (Å²) in [5.41, 5.74) is 0.485. The first kappa shape index (κ1) is 12.0. The smallest absolute Gasteiger partial charge is 0.325 e. The fraction of sp³-hybridized carbons (Fsp3) is 0.667. The lowest BCUT2D eigenvalue weighted by atomic mass is 10.3. The van der Waals surface area contributed by atoms with Crippen molar-refractivity contribution in [3.8, 4) is 0 Å². The summed E-state index contributed by atoms with van der Waals surface area (Å²) in [6, 6.07) is 0. The maximum atomic E-state index is 11.4. The topological polar surface area (TPSA) is 67.9 Å². The lowest BCUT2D eigenvalue weighted by molar-refractivity contribution is -0.143. The number of hydrogen-bond donors (Lipinski definition) is 2. The quantitative estimate of drug-likeness (QED) is 0.441. The molecule has 1 heterocycles. The molecule has 84 valence electrons. The fourth-order valence-electron chi connectivity index (χ4n) is 1.07. The van der Waals surface area contributed by atoms with Gasteiger partial charge in [0.15, 0.2) is 0 Å². The molecule has 0 aliphatic rings. The molecule has 0 aliphatic heterocycles. The van der Waals surface area contributed by atoms with Crippen LogP contribution in [0.2, 0.25) is 0 Å². The van der Waals surface area contributed by atoms with E-state index in [1.165, 1.54) is 6.20 Å². The second-order valence-electron chi connectivity index (χ2n) is 3.18. The maximum absolute atomic E-state index is 11.4. The Morgan fingerprint density at radius 1 is 1.67 bits per heavy atom. The van der Waals surface area contributed by atoms with Gasteiger partial charge in [-0.25, -0.2) is 0 Å². The number of unbranched alkanes of at least 4 members (excludes halogenated alkanes) is 2. The molecular formula is C9H15N3O2S. The van der Waals surface area contributed by atoms with Crippen LogP contribution in [0.1, 0.15) is 37.1 Å². The average Bonchev–Trinajstić information content (AvgIpc) is 2.76. The van der Waals surface area contributed by atoms with E-state index in [9.17, 15) is 4.79 Å². The van der Waals surface area contributed by atoms with Crippen LogP contribution in [-0.4, -0.2) is 28.0 Å². The summed E-state index contributed by atoms with van der Waals surface area (Å²) in [6.07, 6.45) is 4.59. The van der Waals surface area contributed by atoms with Crippen molar-refractivity contribution in [1.82, 2.24) is 15.4 Å². The first-order valence-electron chi connectivity index (χ1n) is 4.96. The third kappa shape index (κ3) is 3.91. The van der Waals surface area contributed by atoms with Gasteiger partial charge in [-0.05, 0) is 6.42 Å². The van der Waals surface area contributed by atoms with Crippen LogP contribution in [0.3, 0.4) is 0 Å². The van der Waals surface area contributed by atoms with Gasteiger partial charge in [0, 0.05) is 6.20 Å². The van der Waals surface area contributed by atoms with Crippen molar-refractivity contribution in [1.29, 1.82) is 0 Å². The van der Waals surface area contributed by atoms with Gasteiger partial charge in [-0.1, -0.05) is 25.0 Å². The van der Waals surface area contributed by atoms with E-state index in [1.54, 1.807) is 0 Å². The molecule has 1 aromatic heterocycles. The lowest BCUT2D eigenvalue weighted by Crippen LogP contribution is -2.12. The van der Waals surface area contributed by atoms with Crippen molar-refractivity contribution in [3.63, 3.8) is 0 Å². The molecule has 5 nitrogen and oxygen atoms in total. The minimum atomic E-state index is -0.648. The van der Waals surface area contributed by atoms with Gasteiger partial charge in [-0.3, -0.25) is 9.89 Å². The van der Waals surface area contributed by atoms with Gasteiger partial charge in [0.1, 0.15) is 10.9 Å². The molecule has 1 rings (SSSR count). The van der Waals surface area contributed by atoms with Crippen LogP contribution >= 0.6 is 12.6 Å². The fourth-order valence-corrected chi connectivity index (χ4v) is 1.27. The van der Waals surface area contributed by atoms with Crippen LogP contribution in [0.25, 0.3) is 0 Å². The molecule has 0 radical (unpaired) electrons. The predicted octanol–water partition coefficient (Wildman–Crippen LogP) is 1.51. The van der Waals surface area contributed by atoms with Crippen molar-refractivity contribution in [2.75, 3.05) is 6.61 Å². The summed E-state index contributed by atoms with van der Waals surface area (Å²) in [5, 5.41) is 9.08. The molecule has 1 N–H and O–H groups in total. The molecule has 0 saturated heterocycles. The first-order valence-corrected chi connectivity index (χ1v) is 5.48. The summed E-state index contributed by atoms with van der Waals surface area (Å²) in [6.45, 7) is 2.54. The molecule has 0 amide bonds. The molecule has 1 aromatic rings. The molecule has 0 saturated carbocycles. The van der Waals surface area contributed by atoms with E-state index in [2.05, 4.69) is 35.0 Å². The number of carbonyl (C=O) groups is 1. The molecule has 0 bridgehead atoms. The second kappa shape index (κ2) is 6.44. The number of aromatic nitrogens is 3. The highest BCUT2D eigenvalue weighted by Crippen LogP contribution is 2.17. The zero-order chi connectivity index (χ0) is 11.1. The second-order valence-corrected chi connectivity index (χ2v) is 3.69. The van der Waals surface area contributed by atoms with E-state index >= 15 is 0 Å². The monoisotopic (exact) mass is 229 g/mol. The number of carbonyl (C=O) groups excluding carboxylic acids is 1. The Morgan fingerprint density at radius 2 is 2.47 bits per heavy atom. The largest absolute Gasteiger partial charge is 0.465 e. The van der Waals surface area contributed by atoms with Gasteiger partial charge in [0.2, 0.25) is 0 Å². The number of thiol groups is 1. The number of H-pyrrole nitrogens is 1. The number of aromatic amines is 1. The molecule has 15 heavy (non-hydrogen) atoms. The van der Waals surface area contributed by atoms with Gasteiger partial charge >= 0.3 is 5.97 Å². The van der Waals surface area contributed by atoms with Gasteiger partial charge in [-0.2, -0.15) is 12.6 Å². The van der Waals surface area contributed by atoms with Crippen LogP contribution in [0.15, 0.2) is 6.20 Å². The highest BCUT2D eigenvalue weighted by molar-refractivity contribution is 7.81. The number of esters is 1. The molecule has 1 atom stereocenters. The highest BCUT2D eigenvalue weighted by Gasteiger charge is 2.19. The van der Waals surface area contributed by atoms with Crippen LogP contribution < -0.4 is 0 Å². The molecule has 6 heteroatoms. The highest BCUT2D eigenvalue weighted by atomic mass is 32.1. The Balaban J connectivity index is 2.28. The van der Waals surface area contributed by atoms with E-state index in [-0.39, 0.29) is 5.97 Å². The molecular weight excluding hydrogens is 214 g/mol. The van der Waals surface area contributed by atoms with Crippen molar-refractivity contribution >= 4 is 18.6 Å². The zero-order valence-electron chi connectivity index (χ0n) is 8.64. The van der Waals surface area contributed by atoms with Crippen LogP contribution in [0.4, 0.5) is 0 Å². The minimum Gasteiger partial charge on any atom is -0.465 e. The SMILES string of the molecule is CCCCCOC(=O)C(S)c1c[nH]nn1. The third-order valence-electron chi connectivity index (χ3n) is 1.93. The van der Waals surface area contributed by atoms with Gasteiger partial charge < -0.3 is 4.74 Å². The van der Waals surface area contributed by atoms with Gasteiger partial charge in [0.05, 0.1) is 6.61 Å². The molecule has 1 unspecified atom stereocenters. The Hall–Kier alpha value is -1.04. The standard InChI is InChI=1S/C9H15N3O2S/c1-2-3-4-5-14-9(13)8(15)7-6-10-12-11-7/h6,8,15H,2-5H2,1H3,(H,10,11,12). The van der Waals surface area contributed by atoms with Crippen molar-refractivity contribution in [2.24, 2.45) is 0 Å². The third-order valence-corrected chi connectivity index (χ3v) is 2.41. The van der Waals surface area contributed by atoms with Crippen molar-refractivity contribution in [3.05, 3.63) is 11.9 Å². The first-order chi connectivity index (χ1) is 7.25. The summed E-state index contributed by atoms with van der Waals surface area (Å²) < 4.78 is 5.03. The number of ether oxygens (including phenoxy) is 1. The normalized spacial score (nSPS) is 12.4. The summed E-state index contributed by atoms with van der Waals surface area (Å²) in [5.74, 6) is -0.372. The van der Waals surface area contributed by atoms with E-state index in [0.717, 1.165) is 19.3 Å². The Labute approximate surface area is 94.0 Å². The summed E-state index contributed by atoms with van der Waals surface area (Å²) >= 11 is 4.11. The molecule has 0 aliphatic carbocycles. The van der Waals surface area contributed by atoms with E-state index in [0.29, 0.717) is 12.3 Å². The van der Waals surface area contributed by atoms with E-state index < -0.39 is 5.25 Å². The number of nitrogens with zero attached hydrogens (tertiary/aromatic N) is 2. The Bertz CT molecular complexity index is 290. The summed E-state index contributed by atoms with van der Waals surface area (Å²) in [4.78, 5) is 11.4. The van der Waals surface area contributed by atoms with Crippen LogP contribution in [0, 0.1) is 0 Å². The maximum Gasteiger partial charge on any atom is 0.325 e. The van der Waals surface area contributed by atoms with Crippen molar-refractivity contribution in [2.45, 2.75) is 31.4 Å². The Morgan fingerprint density at radius 3 is 3.07 bits per heavy atom. The van der Waals surface area contributed by atoms with E-state index in [1.807, 2.05) is 0 Å². The predicted molar refractivity (Wildman–Crippen MR) is 58.6 cm³/mol. The molecule has 0 spiro atoms. The van der Waals surface area contributed by atoms with Crippen molar-refractivity contribution < 1.29 is 9.53 Å². The van der Waals surface area contributed by atoms with Gasteiger partial charge in [0.25, 0.3) is 0 Å². The minimum absolute atomic E-state index is 0.372. The summed E-state index contributed by atoms with van der Waals surface area (Å²) in [7, 11) is 0. The Kier molecular flexibility index (Phi) is 5.17. The molecule has 0 fully saturated rings. The average molecular weight is 229 g/mol. The lowest BCUT2D eigenvalue weighted by Gasteiger charge is -2.07. The zero-order valence-corrected chi connectivity index (χ0v) is 9.54. The number of nitrogens with one attached hydrogen (secondary N) is 1. The van der Waals surface area contributed by atoms with Crippen LogP contribution in [-0.2, 0) is 9.53 Å². The number of rotatable bonds is 6. The number of hydrogen-bond acceptors (Lipinski definition) is 5. The van der Waals surface area contributed by atoms with E-state index in [4.69, 9.17) is 4.74 Å². The van der Waals surface area contributed by atoms with Crippen LogP contribution in [0.5, 0.6) is 0 Å².